The van der Waals surface area contributed by atoms with Crippen molar-refractivity contribution in [2.24, 2.45) is 0 Å². The third-order valence-electron chi connectivity index (χ3n) is 4.70. The van der Waals surface area contributed by atoms with E-state index in [2.05, 4.69) is 9.97 Å². The third kappa shape index (κ3) is 3.52. The molecule has 4 rings (SSSR count). The van der Waals surface area contributed by atoms with Crippen LogP contribution in [0, 0.1) is 0 Å². The average Bonchev–Trinajstić information content (AvgIpc) is 3.04. The fourth-order valence-corrected chi connectivity index (χ4v) is 5.13. The number of rotatable bonds is 4. The number of aromatic nitrogens is 2. The first-order chi connectivity index (χ1) is 13.5. The summed E-state index contributed by atoms with van der Waals surface area (Å²) in [6.07, 6.45) is 5.81. The van der Waals surface area contributed by atoms with Gasteiger partial charge in [0.05, 0.1) is 22.0 Å². The number of nitrogens with one attached hydrogen (secondary N) is 1. The monoisotopic (exact) mass is 436 g/mol. The van der Waals surface area contributed by atoms with Crippen LogP contribution >= 0.6 is 34.5 Å². The molecule has 146 valence electrons. The quantitative estimate of drug-likeness (QED) is 0.577. The van der Waals surface area contributed by atoms with Gasteiger partial charge in [-0.2, -0.15) is 0 Å². The van der Waals surface area contributed by atoms with E-state index in [4.69, 9.17) is 27.9 Å². The summed E-state index contributed by atoms with van der Waals surface area (Å²) in [7, 11) is 0. The van der Waals surface area contributed by atoms with Crippen molar-refractivity contribution in [2.45, 2.75) is 32.6 Å². The molecule has 0 amide bonds. The Balaban J connectivity index is 1.77. The molecule has 8 heteroatoms. The van der Waals surface area contributed by atoms with Crippen LogP contribution in [0.5, 0.6) is 11.5 Å². The zero-order valence-electron chi connectivity index (χ0n) is 15.1. The van der Waals surface area contributed by atoms with Crippen LogP contribution in [0.25, 0.3) is 21.3 Å². The highest BCUT2D eigenvalue weighted by Crippen LogP contribution is 2.37. The summed E-state index contributed by atoms with van der Waals surface area (Å²) in [5.74, 6) is 0.461. The van der Waals surface area contributed by atoms with Gasteiger partial charge < -0.3 is 14.8 Å². The summed E-state index contributed by atoms with van der Waals surface area (Å²) >= 11 is 14.1. The minimum atomic E-state index is -0.162. The second kappa shape index (κ2) is 7.78. The topological polar surface area (TPSA) is 75.2 Å². The maximum absolute atomic E-state index is 12.7. The van der Waals surface area contributed by atoms with Crippen LogP contribution < -0.4 is 10.3 Å². The predicted molar refractivity (Wildman–Crippen MR) is 115 cm³/mol. The van der Waals surface area contributed by atoms with E-state index in [0.717, 1.165) is 36.1 Å². The van der Waals surface area contributed by atoms with Gasteiger partial charge in [-0.3, -0.25) is 4.79 Å². The standard InChI is InChI=1S/C20H18Cl2N2O3S/c1-2-27-14-9-10(7-12(21)17(14)25)8-13(22)18-23-19(26)16-11-5-3-4-6-15(11)28-20(16)24-18/h7-9,25H,2-6H2,1H3,(H,23,24,26)/b13-8-. The van der Waals surface area contributed by atoms with Crippen LogP contribution in [0.2, 0.25) is 5.02 Å². The molecule has 0 bridgehead atoms. The molecule has 1 aromatic carbocycles. The second-order valence-electron chi connectivity index (χ2n) is 6.58. The van der Waals surface area contributed by atoms with Gasteiger partial charge in [0.1, 0.15) is 4.83 Å². The van der Waals surface area contributed by atoms with E-state index in [1.54, 1.807) is 29.5 Å². The Morgan fingerprint density at radius 2 is 2.18 bits per heavy atom. The van der Waals surface area contributed by atoms with E-state index in [1.807, 2.05) is 6.92 Å². The van der Waals surface area contributed by atoms with Crippen molar-refractivity contribution in [1.29, 1.82) is 0 Å². The number of aromatic amines is 1. The highest BCUT2D eigenvalue weighted by Gasteiger charge is 2.20. The first-order valence-electron chi connectivity index (χ1n) is 9.05. The number of hydrogen-bond acceptors (Lipinski definition) is 5. The van der Waals surface area contributed by atoms with Crippen molar-refractivity contribution < 1.29 is 9.84 Å². The van der Waals surface area contributed by atoms with Crippen LogP contribution in [0.1, 0.15) is 41.6 Å². The number of benzene rings is 1. The van der Waals surface area contributed by atoms with Gasteiger partial charge in [0, 0.05) is 4.88 Å². The van der Waals surface area contributed by atoms with Crippen molar-refractivity contribution in [2.75, 3.05) is 6.61 Å². The van der Waals surface area contributed by atoms with E-state index in [0.29, 0.717) is 23.4 Å². The second-order valence-corrected chi connectivity index (χ2v) is 8.48. The smallest absolute Gasteiger partial charge is 0.260 e. The number of phenols is 1. The number of H-pyrrole nitrogens is 1. The van der Waals surface area contributed by atoms with Gasteiger partial charge in [0.15, 0.2) is 17.3 Å². The molecule has 28 heavy (non-hydrogen) atoms. The fourth-order valence-electron chi connectivity index (χ4n) is 3.43. The summed E-state index contributed by atoms with van der Waals surface area (Å²) in [5.41, 5.74) is 1.60. The number of fused-ring (bicyclic) bond motifs is 3. The molecule has 2 heterocycles. The van der Waals surface area contributed by atoms with Crippen molar-refractivity contribution in [3.63, 3.8) is 0 Å². The molecule has 0 spiro atoms. The van der Waals surface area contributed by atoms with Gasteiger partial charge in [-0.1, -0.05) is 23.2 Å². The number of phenolic OH excluding ortho intramolecular Hbond substituents is 1. The highest BCUT2D eigenvalue weighted by molar-refractivity contribution is 7.18. The molecule has 1 aliphatic rings. The maximum atomic E-state index is 12.7. The Hall–Kier alpha value is -2.02. The van der Waals surface area contributed by atoms with E-state index >= 15 is 0 Å². The highest BCUT2D eigenvalue weighted by atomic mass is 35.5. The molecular weight excluding hydrogens is 419 g/mol. The zero-order chi connectivity index (χ0) is 19.8. The first-order valence-corrected chi connectivity index (χ1v) is 10.6. The van der Waals surface area contributed by atoms with Crippen LogP contribution in [-0.4, -0.2) is 21.7 Å². The molecule has 0 fully saturated rings. The summed E-state index contributed by atoms with van der Waals surface area (Å²) in [6.45, 7) is 2.20. The van der Waals surface area contributed by atoms with Crippen LogP contribution in [0.15, 0.2) is 16.9 Å². The number of thiophene rings is 1. The van der Waals surface area contributed by atoms with Gasteiger partial charge in [-0.05, 0) is 61.9 Å². The zero-order valence-corrected chi connectivity index (χ0v) is 17.5. The number of halogens is 2. The Labute approximate surface area is 175 Å². The van der Waals surface area contributed by atoms with E-state index in [9.17, 15) is 9.90 Å². The molecule has 0 unspecified atom stereocenters. The molecule has 2 N–H and O–H groups in total. The molecule has 0 saturated heterocycles. The van der Waals surface area contributed by atoms with Crippen LogP contribution in [0.3, 0.4) is 0 Å². The molecular formula is C20H18Cl2N2O3S. The lowest BCUT2D eigenvalue weighted by Crippen LogP contribution is -2.12. The number of aromatic hydroxyl groups is 1. The van der Waals surface area contributed by atoms with Gasteiger partial charge in [-0.25, -0.2) is 4.98 Å². The van der Waals surface area contributed by atoms with Gasteiger partial charge >= 0.3 is 0 Å². The van der Waals surface area contributed by atoms with Gasteiger partial charge in [0.25, 0.3) is 5.56 Å². The molecule has 1 aliphatic carbocycles. The van der Waals surface area contributed by atoms with Gasteiger partial charge in [0.2, 0.25) is 0 Å². The lowest BCUT2D eigenvalue weighted by molar-refractivity contribution is 0.318. The average molecular weight is 437 g/mol. The normalized spacial score (nSPS) is 14.3. The molecule has 0 radical (unpaired) electrons. The lowest BCUT2D eigenvalue weighted by atomic mass is 9.97. The molecule has 0 atom stereocenters. The lowest BCUT2D eigenvalue weighted by Gasteiger charge is -2.09. The number of nitrogens with zero attached hydrogens (tertiary/aromatic N) is 1. The summed E-state index contributed by atoms with van der Waals surface area (Å²) in [4.78, 5) is 22.0. The predicted octanol–water partition coefficient (Wildman–Crippen LogP) is 5.36. The number of ether oxygens (including phenoxy) is 1. The third-order valence-corrected chi connectivity index (χ3v) is 6.46. The van der Waals surface area contributed by atoms with Crippen molar-refractivity contribution in [3.05, 3.63) is 49.3 Å². The van der Waals surface area contributed by atoms with Crippen molar-refractivity contribution in [1.82, 2.24) is 9.97 Å². The molecule has 3 aromatic rings. The van der Waals surface area contributed by atoms with E-state index in [1.165, 1.54) is 4.88 Å². The summed E-state index contributed by atoms with van der Waals surface area (Å²) in [5, 5.41) is 11.1. The van der Waals surface area contributed by atoms with E-state index in [-0.39, 0.29) is 27.1 Å². The van der Waals surface area contributed by atoms with Crippen LogP contribution in [-0.2, 0) is 12.8 Å². The summed E-state index contributed by atoms with van der Waals surface area (Å²) in [6, 6.07) is 3.20. The van der Waals surface area contributed by atoms with E-state index < -0.39 is 0 Å². The Kier molecular flexibility index (Phi) is 5.36. The molecule has 5 nitrogen and oxygen atoms in total. The Morgan fingerprint density at radius 1 is 1.39 bits per heavy atom. The molecule has 0 aliphatic heterocycles. The summed E-state index contributed by atoms with van der Waals surface area (Å²) < 4.78 is 5.39. The first kappa shape index (κ1) is 19.3. The van der Waals surface area contributed by atoms with Crippen molar-refractivity contribution >= 4 is 55.9 Å². The minimum Gasteiger partial charge on any atom is -0.503 e. The minimum absolute atomic E-state index is 0.117. The largest absolute Gasteiger partial charge is 0.503 e. The number of hydrogen-bond donors (Lipinski definition) is 2. The van der Waals surface area contributed by atoms with Crippen molar-refractivity contribution in [3.8, 4) is 11.5 Å². The maximum Gasteiger partial charge on any atom is 0.260 e. The molecule has 2 aromatic heterocycles. The Morgan fingerprint density at radius 3 is 2.96 bits per heavy atom. The SMILES string of the molecule is CCOc1cc(/C=C(\Cl)c2nc3sc4c(c3c(=O)[nH]2)CCCC4)cc(Cl)c1O. The number of aryl methyl sites for hydroxylation is 2. The molecule has 0 saturated carbocycles. The van der Waals surface area contributed by atoms with Gasteiger partial charge in [-0.15, -0.1) is 11.3 Å². The van der Waals surface area contributed by atoms with Crippen LogP contribution in [0.4, 0.5) is 0 Å². The Bertz CT molecular complexity index is 1150. The fraction of sp³-hybridized carbons (Fsp3) is 0.300.